The normalized spacial score (nSPS) is 13.8. The van der Waals surface area contributed by atoms with E-state index in [9.17, 15) is 9.18 Å². The predicted molar refractivity (Wildman–Crippen MR) is 98.3 cm³/mol. The molecule has 0 amide bonds. The topological polar surface area (TPSA) is 38.1 Å². The summed E-state index contributed by atoms with van der Waals surface area (Å²) in [6.07, 6.45) is 0. The van der Waals surface area contributed by atoms with E-state index >= 15 is 0 Å². The molecule has 5 heteroatoms. The number of hydrogen-bond donors (Lipinski definition) is 0. The molecule has 0 spiro atoms. The first-order valence-corrected chi connectivity index (χ1v) is 8.65. The number of hydrogen-bond acceptors (Lipinski definition) is 3. The van der Waals surface area contributed by atoms with E-state index in [0.717, 1.165) is 35.6 Å². The molecular weight excluding hydrogens is 329 g/mol. The first-order chi connectivity index (χ1) is 12.5. The van der Waals surface area contributed by atoms with Crippen LogP contribution in [0, 0.1) is 5.82 Å². The molecule has 0 saturated carbocycles. The summed E-state index contributed by atoms with van der Waals surface area (Å²) < 4.78 is 16.4. The molecule has 3 aromatic rings. The number of aromatic nitrogens is 2. The fraction of sp³-hybridized carbons (Fsp3) is 0.238. The first-order valence-electron chi connectivity index (χ1n) is 8.65. The minimum atomic E-state index is -0.247. The molecule has 0 atom stereocenters. The molecular formula is C21H20FN3O. The molecule has 2 heterocycles. The number of nitrogens with zero attached hydrogens (tertiary/aromatic N) is 3. The van der Waals surface area contributed by atoms with E-state index in [2.05, 4.69) is 4.90 Å². The lowest BCUT2D eigenvalue weighted by molar-refractivity contribution is 0.101. The quantitative estimate of drug-likeness (QED) is 0.671. The van der Waals surface area contributed by atoms with Gasteiger partial charge >= 0.3 is 0 Å². The fourth-order valence-corrected chi connectivity index (χ4v) is 3.55. The molecule has 1 aromatic heterocycles. The van der Waals surface area contributed by atoms with Gasteiger partial charge in [-0.3, -0.25) is 14.4 Å². The molecule has 0 unspecified atom stereocenters. The third kappa shape index (κ3) is 2.95. The van der Waals surface area contributed by atoms with Crippen LogP contribution in [0.4, 0.5) is 4.39 Å². The summed E-state index contributed by atoms with van der Waals surface area (Å²) in [5.74, 6) is -0.214. The number of fused-ring (bicyclic) bond motifs is 1. The van der Waals surface area contributed by atoms with Crippen molar-refractivity contribution in [2.45, 2.75) is 26.6 Å². The Morgan fingerprint density at radius 1 is 1.15 bits per heavy atom. The standard InChI is InChI=1S/C21H20FN3O/c1-14(26)16-7-5-6-15(10-16)11-25-21(17-8-3-4-9-19(17)22)18-12-24(2)13-20(18)23-25/h3-10H,11-13H2,1-2H3. The number of Topliss-reactive ketones (excluding diaryl/α,β-unsaturated/α-hetero) is 1. The van der Waals surface area contributed by atoms with Crippen LogP contribution < -0.4 is 0 Å². The van der Waals surface area contributed by atoms with Crippen molar-refractivity contribution in [2.75, 3.05) is 7.05 Å². The summed E-state index contributed by atoms with van der Waals surface area (Å²) in [5.41, 5.74) is 5.13. The van der Waals surface area contributed by atoms with Crippen molar-refractivity contribution in [3.63, 3.8) is 0 Å². The minimum Gasteiger partial charge on any atom is -0.296 e. The molecule has 0 aliphatic carbocycles. The van der Waals surface area contributed by atoms with Crippen LogP contribution >= 0.6 is 0 Å². The van der Waals surface area contributed by atoms with Crippen molar-refractivity contribution in [3.05, 3.63) is 76.7 Å². The highest BCUT2D eigenvalue weighted by molar-refractivity contribution is 5.94. The fourth-order valence-electron chi connectivity index (χ4n) is 3.55. The smallest absolute Gasteiger partial charge is 0.159 e. The molecule has 0 bridgehead atoms. The Labute approximate surface area is 151 Å². The van der Waals surface area contributed by atoms with Crippen molar-refractivity contribution in [2.24, 2.45) is 0 Å². The summed E-state index contributed by atoms with van der Waals surface area (Å²) in [6.45, 7) is 3.58. The molecule has 0 fully saturated rings. The van der Waals surface area contributed by atoms with Gasteiger partial charge in [-0.25, -0.2) is 4.39 Å². The minimum absolute atomic E-state index is 0.0331. The number of rotatable bonds is 4. The number of halogens is 1. The second kappa shape index (κ2) is 6.50. The monoisotopic (exact) mass is 349 g/mol. The molecule has 0 radical (unpaired) electrons. The van der Waals surface area contributed by atoms with Crippen molar-refractivity contribution in [3.8, 4) is 11.3 Å². The van der Waals surface area contributed by atoms with Crippen LogP contribution in [0.3, 0.4) is 0 Å². The highest BCUT2D eigenvalue weighted by Crippen LogP contribution is 2.34. The van der Waals surface area contributed by atoms with Crippen LogP contribution in [0.5, 0.6) is 0 Å². The highest BCUT2D eigenvalue weighted by atomic mass is 19.1. The Kier molecular flexibility index (Phi) is 4.17. The third-order valence-electron chi connectivity index (χ3n) is 4.78. The summed E-state index contributed by atoms with van der Waals surface area (Å²) in [6, 6.07) is 14.4. The molecule has 1 aliphatic heterocycles. The molecule has 1 aliphatic rings. The lowest BCUT2D eigenvalue weighted by Crippen LogP contribution is -2.13. The Hall–Kier alpha value is -2.79. The van der Waals surface area contributed by atoms with Gasteiger partial charge in [0, 0.05) is 29.8 Å². The van der Waals surface area contributed by atoms with Gasteiger partial charge in [-0.1, -0.05) is 30.3 Å². The SMILES string of the molecule is CC(=O)c1cccc(Cn2nc3c(c2-c2ccccc2F)CN(C)C3)c1. The zero-order chi connectivity index (χ0) is 18.3. The van der Waals surface area contributed by atoms with Crippen LogP contribution in [0.25, 0.3) is 11.3 Å². The summed E-state index contributed by atoms with van der Waals surface area (Å²) in [7, 11) is 2.04. The molecule has 0 N–H and O–H groups in total. The Morgan fingerprint density at radius 2 is 1.96 bits per heavy atom. The van der Waals surface area contributed by atoms with Gasteiger partial charge in [-0.2, -0.15) is 5.10 Å². The van der Waals surface area contributed by atoms with Crippen LogP contribution in [0.2, 0.25) is 0 Å². The van der Waals surface area contributed by atoms with E-state index < -0.39 is 0 Å². The van der Waals surface area contributed by atoms with Gasteiger partial charge in [0.15, 0.2) is 5.78 Å². The molecule has 0 saturated heterocycles. The molecule has 26 heavy (non-hydrogen) atoms. The molecule has 4 rings (SSSR count). The summed E-state index contributed by atoms with van der Waals surface area (Å²) in [4.78, 5) is 13.8. The Morgan fingerprint density at radius 3 is 2.73 bits per heavy atom. The summed E-state index contributed by atoms with van der Waals surface area (Å²) in [5, 5.41) is 4.75. The lowest BCUT2D eigenvalue weighted by Gasteiger charge is -2.13. The maximum absolute atomic E-state index is 14.5. The highest BCUT2D eigenvalue weighted by Gasteiger charge is 2.27. The maximum atomic E-state index is 14.5. The molecule has 2 aromatic carbocycles. The van der Waals surface area contributed by atoms with Gasteiger partial charge < -0.3 is 0 Å². The lowest BCUT2D eigenvalue weighted by atomic mass is 10.1. The van der Waals surface area contributed by atoms with Gasteiger partial charge in [0.25, 0.3) is 0 Å². The van der Waals surface area contributed by atoms with E-state index in [1.807, 2.05) is 42.1 Å². The van der Waals surface area contributed by atoms with Crippen molar-refractivity contribution in [1.29, 1.82) is 0 Å². The number of carbonyl (C=O) groups excluding carboxylic acids is 1. The van der Waals surface area contributed by atoms with E-state index in [4.69, 9.17) is 5.10 Å². The molecule has 132 valence electrons. The van der Waals surface area contributed by atoms with Gasteiger partial charge in [0.2, 0.25) is 0 Å². The van der Waals surface area contributed by atoms with Gasteiger partial charge in [0.05, 0.1) is 17.9 Å². The second-order valence-corrected chi connectivity index (χ2v) is 6.84. The predicted octanol–water partition coefficient (Wildman–Crippen LogP) is 3.89. The summed E-state index contributed by atoms with van der Waals surface area (Å²) >= 11 is 0. The first kappa shape index (κ1) is 16.7. The van der Waals surface area contributed by atoms with Crippen molar-refractivity contribution < 1.29 is 9.18 Å². The van der Waals surface area contributed by atoms with E-state index in [1.54, 1.807) is 19.1 Å². The number of benzene rings is 2. The third-order valence-corrected chi connectivity index (χ3v) is 4.78. The van der Waals surface area contributed by atoms with Crippen LogP contribution in [-0.2, 0) is 19.6 Å². The van der Waals surface area contributed by atoms with Crippen LogP contribution in [0.1, 0.15) is 34.1 Å². The Balaban J connectivity index is 1.80. The molecule has 4 nitrogen and oxygen atoms in total. The zero-order valence-corrected chi connectivity index (χ0v) is 14.9. The number of carbonyl (C=O) groups is 1. The average molecular weight is 349 g/mol. The Bertz CT molecular complexity index is 993. The van der Waals surface area contributed by atoms with Crippen LogP contribution in [0.15, 0.2) is 48.5 Å². The van der Waals surface area contributed by atoms with E-state index in [0.29, 0.717) is 17.7 Å². The van der Waals surface area contributed by atoms with E-state index in [1.165, 1.54) is 6.07 Å². The van der Waals surface area contributed by atoms with Crippen molar-refractivity contribution in [1.82, 2.24) is 14.7 Å². The van der Waals surface area contributed by atoms with E-state index in [-0.39, 0.29) is 11.6 Å². The van der Waals surface area contributed by atoms with Crippen molar-refractivity contribution >= 4 is 5.78 Å². The average Bonchev–Trinajstić information content (AvgIpc) is 3.11. The largest absolute Gasteiger partial charge is 0.296 e. The van der Waals surface area contributed by atoms with Gasteiger partial charge in [-0.15, -0.1) is 0 Å². The second-order valence-electron chi connectivity index (χ2n) is 6.84. The van der Waals surface area contributed by atoms with Gasteiger partial charge in [-0.05, 0) is 37.7 Å². The van der Waals surface area contributed by atoms with Gasteiger partial charge in [0.1, 0.15) is 5.82 Å². The number of ketones is 1. The zero-order valence-electron chi connectivity index (χ0n) is 14.9. The van der Waals surface area contributed by atoms with Crippen LogP contribution in [-0.4, -0.2) is 27.5 Å². The maximum Gasteiger partial charge on any atom is 0.159 e.